The molecule has 7 nitrogen and oxygen atoms in total. The monoisotopic (exact) mass is 395 g/mol. The predicted molar refractivity (Wildman–Crippen MR) is 107 cm³/mol. The van der Waals surface area contributed by atoms with E-state index in [1.54, 1.807) is 22.5 Å². The number of amides is 2. The van der Waals surface area contributed by atoms with Gasteiger partial charge in [0.25, 0.3) is 5.56 Å². The van der Waals surface area contributed by atoms with Gasteiger partial charge in [-0.25, -0.2) is 0 Å². The van der Waals surface area contributed by atoms with E-state index in [1.165, 1.54) is 6.07 Å². The van der Waals surface area contributed by atoms with Gasteiger partial charge in [-0.1, -0.05) is 30.3 Å². The minimum Gasteiger partial charge on any atom is -0.392 e. The second-order valence-corrected chi connectivity index (χ2v) is 7.92. The normalized spacial score (nSPS) is 22.7. The van der Waals surface area contributed by atoms with Crippen molar-refractivity contribution in [1.82, 2.24) is 14.8 Å². The maximum Gasteiger partial charge on any atom is 0.251 e. The quantitative estimate of drug-likeness (QED) is 0.813. The second-order valence-electron chi connectivity index (χ2n) is 7.92. The Kier molecular flexibility index (Phi) is 5.24. The fraction of sp³-hybridized carbons (Fsp3) is 0.409. The van der Waals surface area contributed by atoms with Crippen molar-refractivity contribution in [3.63, 3.8) is 0 Å². The molecule has 0 spiro atoms. The molecule has 0 saturated carbocycles. The van der Waals surface area contributed by atoms with Gasteiger partial charge in [0.1, 0.15) is 6.04 Å². The summed E-state index contributed by atoms with van der Waals surface area (Å²) in [6.07, 6.45) is 0.783. The van der Waals surface area contributed by atoms with Crippen molar-refractivity contribution >= 4 is 11.8 Å². The number of hydrogen-bond donors (Lipinski definition) is 2. The Morgan fingerprint density at radius 1 is 1.14 bits per heavy atom. The third-order valence-corrected chi connectivity index (χ3v) is 6.00. The van der Waals surface area contributed by atoms with Crippen LogP contribution in [0.5, 0.6) is 0 Å². The Labute approximate surface area is 169 Å². The maximum absolute atomic E-state index is 13.2. The number of benzene rings is 1. The summed E-state index contributed by atoms with van der Waals surface area (Å²) in [5, 5.41) is 12.2. The number of carbonyl (C=O) groups is 2. The zero-order valence-corrected chi connectivity index (χ0v) is 16.4. The summed E-state index contributed by atoms with van der Waals surface area (Å²) in [7, 11) is 0. The fourth-order valence-corrected chi connectivity index (χ4v) is 4.66. The number of aliphatic hydroxyl groups is 1. The van der Waals surface area contributed by atoms with Crippen LogP contribution in [0.1, 0.15) is 42.1 Å². The Balaban J connectivity index is 1.62. The van der Waals surface area contributed by atoms with Gasteiger partial charge in [-0.2, -0.15) is 0 Å². The summed E-state index contributed by atoms with van der Waals surface area (Å²) in [4.78, 5) is 39.6. The smallest absolute Gasteiger partial charge is 0.251 e. The van der Waals surface area contributed by atoms with Crippen molar-refractivity contribution in [2.24, 2.45) is 5.92 Å². The van der Waals surface area contributed by atoms with Crippen molar-refractivity contribution in [3.8, 4) is 0 Å². The summed E-state index contributed by atoms with van der Waals surface area (Å²) >= 11 is 0. The van der Waals surface area contributed by atoms with Crippen LogP contribution in [0.25, 0.3) is 0 Å². The first-order valence-corrected chi connectivity index (χ1v) is 9.91. The third kappa shape index (κ3) is 3.70. The highest BCUT2D eigenvalue weighted by atomic mass is 16.3. The molecule has 152 valence electrons. The van der Waals surface area contributed by atoms with Crippen LogP contribution in [0, 0.1) is 5.92 Å². The minimum atomic E-state index is -0.641. The summed E-state index contributed by atoms with van der Waals surface area (Å²) in [6, 6.07) is 11.8. The number of nitrogens with one attached hydrogen (secondary N) is 1. The van der Waals surface area contributed by atoms with E-state index in [-0.39, 0.29) is 35.8 Å². The zero-order valence-electron chi connectivity index (χ0n) is 16.4. The lowest BCUT2D eigenvalue weighted by atomic mass is 9.78. The first-order chi connectivity index (χ1) is 14.0. The van der Waals surface area contributed by atoms with E-state index in [4.69, 9.17) is 0 Å². The Morgan fingerprint density at radius 2 is 1.90 bits per heavy atom. The average Bonchev–Trinajstić information content (AvgIpc) is 2.73. The third-order valence-electron chi connectivity index (χ3n) is 6.00. The molecule has 2 N–H and O–H groups in total. The minimum absolute atomic E-state index is 0.00796. The molecular formula is C22H25N3O4. The van der Waals surface area contributed by atoms with Crippen molar-refractivity contribution in [2.45, 2.75) is 38.5 Å². The van der Waals surface area contributed by atoms with Gasteiger partial charge >= 0.3 is 0 Å². The Bertz CT molecular complexity index is 1000. The van der Waals surface area contributed by atoms with Gasteiger partial charge in [0, 0.05) is 50.2 Å². The van der Waals surface area contributed by atoms with Gasteiger partial charge < -0.3 is 15.3 Å². The van der Waals surface area contributed by atoms with Gasteiger partial charge in [-0.05, 0) is 23.6 Å². The number of hydrogen-bond acceptors (Lipinski definition) is 4. The lowest BCUT2D eigenvalue weighted by Crippen LogP contribution is -2.54. The lowest BCUT2D eigenvalue weighted by molar-refractivity contribution is -0.135. The van der Waals surface area contributed by atoms with E-state index in [0.29, 0.717) is 19.6 Å². The number of likely N-dealkylation sites (tertiary alicyclic amines) is 1. The molecule has 2 amide bonds. The molecule has 4 rings (SSSR count). The molecule has 2 aliphatic rings. The van der Waals surface area contributed by atoms with E-state index < -0.39 is 6.04 Å². The van der Waals surface area contributed by atoms with Crippen LogP contribution in [-0.4, -0.2) is 39.5 Å². The molecule has 0 aliphatic carbocycles. The van der Waals surface area contributed by atoms with E-state index in [0.717, 1.165) is 23.2 Å². The first kappa shape index (κ1) is 19.4. The first-order valence-electron chi connectivity index (χ1n) is 9.91. The largest absolute Gasteiger partial charge is 0.392 e. The molecular weight excluding hydrogens is 370 g/mol. The number of carbonyl (C=O) groups excluding carboxylic acids is 2. The van der Waals surface area contributed by atoms with Crippen LogP contribution in [0.4, 0.5) is 0 Å². The van der Waals surface area contributed by atoms with Crippen molar-refractivity contribution in [1.29, 1.82) is 0 Å². The molecule has 2 bridgehead atoms. The second kappa shape index (κ2) is 7.83. The molecule has 2 aliphatic heterocycles. The van der Waals surface area contributed by atoms with Crippen molar-refractivity contribution in [3.05, 3.63) is 69.6 Å². The average molecular weight is 395 g/mol. The van der Waals surface area contributed by atoms with Crippen LogP contribution < -0.4 is 10.9 Å². The standard InChI is InChI=1S/C22H25N3O4/c1-14(27)24-11-17-9-18(12-24)21(25-19(17)6-3-7-20(25)28)22(29)23-10-15-4-2-5-16(8-15)13-26/h2-8,17-18,21,26H,9-13H2,1H3,(H,23,29)/t17-,18+,21-/m1/s1. The predicted octanol–water partition coefficient (Wildman–Crippen LogP) is 1.16. The summed E-state index contributed by atoms with van der Waals surface area (Å²) in [5.74, 6) is -0.264. The SMILES string of the molecule is CC(=O)N1C[C@H]2C[C@@H](C1)[C@H](C(=O)NCc1cccc(CO)c1)n1c2cccc1=O. The molecule has 3 heterocycles. The lowest BCUT2D eigenvalue weighted by Gasteiger charge is -2.46. The number of piperidine rings is 1. The number of fused-ring (bicyclic) bond motifs is 4. The topological polar surface area (TPSA) is 91.6 Å². The van der Waals surface area contributed by atoms with E-state index >= 15 is 0 Å². The van der Waals surface area contributed by atoms with Crippen LogP contribution in [0.3, 0.4) is 0 Å². The fourth-order valence-electron chi connectivity index (χ4n) is 4.66. The Morgan fingerprint density at radius 3 is 2.66 bits per heavy atom. The number of nitrogens with zero attached hydrogens (tertiary/aromatic N) is 2. The van der Waals surface area contributed by atoms with E-state index in [2.05, 4.69) is 5.32 Å². The highest BCUT2D eigenvalue weighted by molar-refractivity contribution is 5.81. The molecule has 3 atom stereocenters. The molecule has 2 aromatic rings. The van der Waals surface area contributed by atoms with Crippen LogP contribution in [-0.2, 0) is 22.7 Å². The maximum atomic E-state index is 13.2. The van der Waals surface area contributed by atoms with Crippen LogP contribution in [0.2, 0.25) is 0 Å². The van der Waals surface area contributed by atoms with Gasteiger partial charge in [0.2, 0.25) is 11.8 Å². The molecule has 1 fully saturated rings. The highest BCUT2D eigenvalue weighted by Gasteiger charge is 2.44. The van der Waals surface area contributed by atoms with Crippen molar-refractivity contribution < 1.29 is 14.7 Å². The zero-order chi connectivity index (χ0) is 20.5. The van der Waals surface area contributed by atoms with Crippen molar-refractivity contribution in [2.75, 3.05) is 13.1 Å². The molecule has 1 saturated heterocycles. The number of aromatic nitrogens is 1. The molecule has 0 radical (unpaired) electrons. The molecule has 0 unspecified atom stereocenters. The van der Waals surface area contributed by atoms with Gasteiger partial charge in [-0.15, -0.1) is 0 Å². The van der Waals surface area contributed by atoms with E-state index in [1.807, 2.05) is 30.3 Å². The van der Waals surface area contributed by atoms with Gasteiger partial charge in [0.05, 0.1) is 6.61 Å². The van der Waals surface area contributed by atoms with Gasteiger partial charge in [0.15, 0.2) is 0 Å². The molecule has 1 aromatic heterocycles. The summed E-state index contributed by atoms with van der Waals surface area (Å²) in [5.41, 5.74) is 2.30. The van der Waals surface area contributed by atoms with Crippen LogP contribution in [0.15, 0.2) is 47.3 Å². The van der Waals surface area contributed by atoms with E-state index in [9.17, 15) is 19.5 Å². The molecule has 7 heteroatoms. The molecule has 1 aromatic carbocycles. The van der Waals surface area contributed by atoms with Crippen LogP contribution >= 0.6 is 0 Å². The Hall–Kier alpha value is -2.93. The summed E-state index contributed by atoms with van der Waals surface area (Å²) in [6.45, 7) is 2.86. The number of rotatable bonds is 4. The number of pyridine rings is 1. The van der Waals surface area contributed by atoms with Gasteiger partial charge in [-0.3, -0.25) is 19.0 Å². The highest BCUT2D eigenvalue weighted by Crippen LogP contribution is 2.41. The number of aliphatic hydroxyl groups excluding tert-OH is 1. The molecule has 29 heavy (non-hydrogen) atoms. The summed E-state index contributed by atoms with van der Waals surface area (Å²) < 4.78 is 1.62.